The molecule has 0 N–H and O–H groups in total. The Morgan fingerprint density at radius 3 is 2.50 bits per heavy atom. The number of fused-ring (bicyclic) bond motifs is 1. The fraction of sp³-hybridized carbons (Fsp3) is 0.471. The monoisotopic (exact) mass is 348 g/mol. The van der Waals surface area contributed by atoms with Crippen LogP contribution in [0.25, 0.3) is 0 Å². The van der Waals surface area contributed by atoms with Crippen molar-refractivity contribution in [3.8, 4) is 0 Å². The van der Waals surface area contributed by atoms with Gasteiger partial charge in [0.1, 0.15) is 0 Å². The molecule has 0 saturated heterocycles. The summed E-state index contributed by atoms with van der Waals surface area (Å²) < 4.78 is 27.8. The van der Waals surface area contributed by atoms with Crippen LogP contribution >= 0.6 is 0 Å². The van der Waals surface area contributed by atoms with Crippen LogP contribution in [-0.4, -0.2) is 42.4 Å². The molecule has 24 heavy (non-hydrogen) atoms. The largest absolute Gasteiger partial charge is 0.293 e. The molecule has 1 aromatic carbocycles. The van der Waals surface area contributed by atoms with Crippen LogP contribution in [0.1, 0.15) is 22.5 Å². The van der Waals surface area contributed by atoms with E-state index in [0.29, 0.717) is 13.1 Å². The molecule has 0 fully saturated rings. The number of para-hydroxylation sites is 1. The van der Waals surface area contributed by atoms with Gasteiger partial charge in [-0.1, -0.05) is 18.2 Å². The van der Waals surface area contributed by atoms with Gasteiger partial charge in [0, 0.05) is 44.5 Å². The third-order valence-electron chi connectivity index (χ3n) is 4.71. The van der Waals surface area contributed by atoms with E-state index in [4.69, 9.17) is 0 Å². The van der Waals surface area contributed by atoms with Crippen LogP contribution in [0.3, 0.4) is 0 Å². The maximum absolute atomic E-state index is 12.2. The molecule has 0 bridgehead atoms. The molecule has 7 heteroatoms. The van der Waals surface area contributed by atoms with E-state index < -0.39 is 10.0 Å². The Kier molecular flexibility index (Phi) is 4.40. The van der Waals surface area contributed by atoms with E-state index in [2.05, 4.69) is 16.9 Å². The number of hydrogen-bond donors (Lipinski definition) is 0. The van der Waals surface area contributed by atoms with Gasteiger partial charge in [-0.25, -0.2) is 8.42 Å². The molecule has 0 unspecified atom stereocenters. The number of hydrogen-bond acceptors (Lipinski definition) is 4. The molecule has 1 aliphatic rings. The van der Waals surface area contributed by atoms with Gasteiger partial charge in [0.15, 0.2) is 0 Å². The minimum absolute atomic E-state index is 0.466. The summed E-state index contributed by atoms with van der Waals surface area (Å²) in [6, 6.07) is 7.75. The van der Waals surface area contributed by atoms with Gasteiger partial charge in [-0.3, -0.25) is 13.9 Å². The smallest absolute Gasteiger partial charge is 0.232 e. The first kappa shape index (κ1) is 17.0. The van der Waals surface area contributed by atoms with Crippen molar-refractivity contribution in [2.45, 2.75) is 26.9 Å². The Balaban J connectivity index is 1.92. The fourth-order valence-electron chi connectivity index (χ4n) is 3.31. The summed E-state index contributed by atoms with van der Waals surface area (Å²) in [5.41, 5.74) is 5.25. The molecule has 0 saturated carbocycles. The summed E-state index contributed by atoms with van der Waals surface area (Å²) >= 11 is 0. The Morgan fingerprint density at radius 2 is 1.88 bits per heavy atom. The fourth-order valence-corrected chi connectivity index (χ4v) is 4.26. The van der Waals surface area contributed by atoms with Crippen LogP contribution < -0.4 is 4.31 Å². The van der Waals surface area contributed by atoms with E-state index >= 15 is 0 Å². The van der Waals surface area contributed by atoms with Gasteiger partial charge in [0.2, 0.25) is 10.0 Å². The van der Waals surface area contributed by atoms with Gasteiger partial charge in [-0.15, -0.1) is 0 Å². The molecule has 0 aliphatic carbocycles. The number of anilines is 1. The molecule has 6 nitrogen and oxygen atoms in total. The second kappa shape index (κ2) is 6.22. The molecule has 1 aromatic heterocycles. The van der Waals surface area contributed by atoms with Gasteiger partial charge >= 0.3 is 0 Å². The lowest BCUT2D eigenvalue weighted by molar-refractivity contribution is 0.269. The third-order valence-corrected chi connectivity index (χ3v) is 5.89. The summed E-state index contributed by atoms with van der Waals surface area (Å²) in [4.78, 5) is 2.29. The average Bonchev–Trinajstić information content (AvgIpc) is 2.68. The maximum Gasteiger partial charge on any atom is 0.232 e. The highest BCUT2D eigenvalue weighted by atomic mass is 32.2. The zero-order valence-electron chi connectivity index (χ0n) is 14.7. The lowest BCUT2D eigenvalue weighted by Crippen LogP contribution is -2.35. The Hall–Kier alpha value is -1.86. The maximum atomic E-state index is 12.2. The van der Waals surface area contributed by atoms with Crippen LogP contribution in [0.2, 0.25) is 0 Å². The van der Waals surface area contributed by atoms with Crippen molar-refractivity contribution in [3.63, 3.8) is 0 Å². The van der Waals surface area contributed by atoms with Crippen LogP contribution in [0.4, 0.5) is 5.69 Å². The molecular formula is C17H24N4O2S. The summed E-state index contributed by atoms with van der Waals surface area (Å²) in [5, 5.41) is 4.48. The molecule has 130 valence electrons. The van der Waals surface area contributed by atoms with Gasteiger partial charge in [0.25, 0.3) is 0 Å². The van der Waals surface area contributed by atoms with Crippen LogP contribution in [0.15, 0.2) is 24.3 Å². The summed E-state index contributed by atoms with van der Waals surface area (Å²) in [6.45, 7) is 6.76. The second-order valence-corrected chi connectivity index (χ2v) is 8.35. The van der Waals surface area contributed by atoms with Gasteiger partial charge in [-0.2, -0.15) is 5.10 Å². The predicted molar refractivity (Wildman–Crippen MR) is 95.4 cm³/mol. The summed E-state index contributed by atoms with van der Waals surface area (Å²) in [6.07, 6.45) is 1.27. The topological polar surface area (TPSA) is 58.4 Å². The van der Waals surface area contributed by atoms with E-state index in [1.54, 1.807) is 0 Å². The number of rotatable bonds is 3. The van der Waals surface area contributed by atoms with Crippen molar-refractivity contribution in [1.82, 2.24) is 14.7 Å². The van der Waals surface area contributed by atoms with Crippen LogP contribution in [-0.2, 0) is 30.2 Å². The quantitative estimate of drug-likeness (QED) is 0.849. The second-order valence-electron chi connectivity index (χ2n) is 6.45. The van der Waals surface area contributed by atoms with Crippen molar-refractivity contribution in [1.29, 1.82) is 0 Å². The number of nitrogens with zero attached hydrogens (tertiary/aromatic N) is 4. The molecule has 2 heterocycles. The van der Waals surface area contributed by atoms with E-state index in [-0.39, 0.29) is 0 Å². The zero-order valence-corrected chi connectivity index (χ0v) is 15.5. The Labute approximate surface area is 143 Å². The number of benzene rings is 1. The SMILES string of the molecule is Cc1nn(C)c(C)c1CN1CCN(S(C)(=O)=O)c2ccccc2C1. The molecular weight excluding hydrogens is 324 g/mol. The van der Waals surface area contributed by atoms with Crippen LogP contribution in [0.5, 0.6) is 0 Å². The number of aryl methyl sites for hydroxylation is 2. The van der Waals surface area contributed by atoms with Crippen molar-refractivity contribution in [2.24, 2.45) is 7.05 Å². The van der Waals surface area contributed by atoms with Crippen molar-refractivity contribution >= 4 is 15.7 Å². The molecule has 3 rings (SSSR count). The standard InChI is InChI=1S/C17H24N4O2S/c1-13-16(14(2)19(3)18-13)12-20-9-10-21(24(4,22)23)17-8-6-5-7-15(17)11-20/h5-8H,9-12H2,1-4H3. The van der Waals surface area contributed by atoms with Crippen molar-refractivity contribution < 1.29 is 8.42 Å². The van der Waals surface area contributed by atoms with Gasteiger partial charge < -0.3 is 0 Å². The molecule has 1 aliphatic heterocycles. The first-order chi connectivity index (χ1) is 11.3. The summed E-state index contributed by atoms with van der Waals surface area (Å²) in [5.74, 6) is 0. The van der Waals surface area contributed by atoms with E-state index in [1.807, 2.05) is 42.9 Å². The normalized spacial score (nSPS) is 16.1. The number of aromatic nitrogens is 2. The van der Waals surface area contributed by atoms with E-state index in [1.165, 1.54) is 16.1 Å². The molecule has 0 spiro atoms. The molecule has 0 amide bonds. The molecule has 0 atom stereocenters. The highest BCUT2D eigenvalue weighted by Gasteiger charge is 2.26. The van der Waals surface area contributed by atoms with E-state index in [9.17, 15) is 8.42 Å². The van der Waals surface area contributed by atoms with E-state index in [0.717, 1.165) is 35.7 Å². The first-order valence-electron chi connectivity index (χ1n) is 8.04. The van der Waals surface area contributed by atoms with Gasteiger partial charge in [-0.05, 0) is 25.5 Å². The lowest BCUT2D eigenvalue weighted by Gasteiger charge is -2.22. The van der Waals surface area contributed by atoms with Gasteiger partial charge in [0.05, 0.1) is 17.6 Å². The minimum Gasteiger partial charge on any atom is -0.293 e. The third kappa shape index (κ3) is 3.18. The predicted octanol–water partition coefficient (Wildman–Crippen LogP) is 1.82. The zero-order chi connectivity index (χ0) is 17.5. The Bertz CT molecular complexity index is 857. The first-order valence-corrected chi connectivity index (χ1v) is 9.89. The molecule has 2 aromatic rings. The summed E-state index contributed by atoms with van der Waals surface area (Å²) in [7, 11) is -1.33. The average molecular weight is 348 g/mol. The lowest BCUT2D eigenvalue weighted by atomic mass is 10.1. The highest BCUT2D eigenvalue weighted by molar-refractivity contribution is 7.92. The highest BCUT2D eigenvalue weighted by Crippen LogP contribution is 2.28. The van der Waals surface area contributed by atoms with Crippen LogP contribution in [0, 0.1) is 13.8 Å². The van der Waals surface area contributed by atoms with Crippen molar-refractivity contribution in [3.05, 3.63) is 46.8 Å². The minimum atomic E-state index is -3.28. The van der Waals surface area contributed by atoms with Crippen molar-refractivity contribution in [2.75, 3.05) is 23.7 Å². The Morgan fingerprint density at radius 1 is 1.17 bits per heavy atom. The molecule has 0 radical (unpaired) electrons. The number of sulfonamides is 1.